The maximum absolute atomic E-state index is 12.6. The first-order chi connectivity index (χ1) is 8.24. The van der Waals surface area contributed by atoms with E-state index < -0.39 is 5.82 Å². The molecule has 0 saturated carbocycles. The predicted molar refractivity (Wildman–Crippen MR) is 60.6 cm³/mol. The summed E-state index contributed by atoms with van der Waals surface area (Å²) in [5, 5.41) is 2.95. The second-order valence-corrected chi connectivity index (χ2v) is 3.53. The third-order valence-corrected chi connectivity index (χ3v) is 2.23. The molecular formula is C12H11F2N3. The number of hydrogen-bond donors (Lipinski definition) is 1. The predicted octanol–water partition coefficient (Wildman–Crippen LogP) is 2.41. The Kier molecular flexibility index (Phi) is 3.59. The first kappa shape index (κ1) is 11.4. The Morgan fingerprint density at radius 3 is 2.24 bits per heavy atom. The average molecular weight is 235 g/mol. The molecule has 1 N–H and O–H groups in total. The van der Waals surface area contributed by atoms with Crippen LogP contribution in [-0.4, -0.2) is 16.5 Å². The lowest BCUT2D eigenvalue weighted by Crippen LogP contribution is -2.07. The molecule has 0 unspecified atom stereocenters. The van der Waals surface area contributed by atoms with Gasteiger partial charge in [0.15, 0.2) is 5.82 Å². The number of halogens is 2. The summed E-state index contributed by atoms with van der Waals surface area (Å²) in [6, 6.07) is 6.29. The van der Waals surface area contributed by atoms with E-state index >= 15 is 0 Å². The van der Waals surface area contributed by atoms with Crippen LogP contribution in [0.1, 0.15) is 5.56 Å². The van der Waals surface area contributed by atoms with Crippen LogP contribution in [0.4, 0.5) is 14.7 Å². The first-order valence-corrected chi connectivity index (χ1v) is 5.20. The van der Waals surface area contributed by atoms with Crippen molar-refractivity contribution in [3.8, 4) is 0 Å². The highest BCUT2D eigenvalue weighted by Gasteiger charge is 1.97. The normalized spacial score (nSPS) is 10.2. The topological polar surface area (TPSA) is 37.8 Å². The molecule has 0 amide bonds. The Morgan fingerprint density at radius 2 is 1.59 bits per heavy atom. The Morgan fingerprint density at radius 1 is 0.941 bits per heavy atom. The van der Waals surface area contributed by atoms with Gasteiger partial charge in [-0.1, -0.05) is 12.1 Å². The van der Waals surface area contributed by atoms with Crippen molar-refractivity contribution in [2.45, 2.75) is 6.42 Å². The number of rotatable bonds is 4. The van der Waals surface area contributed by atoms with Gasteiger partial charge in [-0.05, 0) is 24.1 Å². The van der Waals surface area contributed by atoms with Crippen LogP contribution in [0.3, 0.4) is 0 Å². The molecule has 5 heteroatoms. The van der Waals surface area contributed by atoms with Crippen molar-refractivity contribution in [1.29, 1.82) is 0 Å². The number of aromatic nitrogens is 2. The summed E-state index contributed by atoms with van der Waals surface area (Å²) in [4.78, 5) is 7.53. The molecule has 0 aliphatic heterocycles. The van der Waals surface area contributed by atoms with E-state index in [0.717, 1.165) is 24.4 Å². The minimum Gasteiger partial charge on any atom is -0.354 e. The summed E-state index contributed by atoms with van der Waals surface area (Å²) in [5.41, 5.74) is 1.01. The highest BCUT2D eigenvalue weighted by atomic mass is 19.1. The highest BCUT2D eigenvalue weighted by molar-refractivity contribution is 5.24. The quantitative estimate of drug-likeness (QED) is 0.884. The second kappa shape index (κ2) is 5.34. The zero-order valence-corrected chi connectivity index (χ0v) is 9.03. The van der Waals surface area contributed by atoms with E-state index in [1.54, 1.807) is 12.1 Å². The largest absolute Gasteiger partial charge is 0.354 e. The Balaban J connectivity index is 1.83. The summed E-state index contributed by atoms with van der Waals surface area (Å²) in [7, 11) is 0. The molecular weight excluding hydrogens is 224 g/mol. The third-order valence-electron chi connectivity index (χ3n) is 2.23. The molecule has 1 heterocycles. The molecule has 1 aromatic carbocycles. The van der Waals surface area contributed by atoms with Gasteiger partial charge in [-0.15, -0.1) is 0 Å². The number of nitrogens with one attached hydrogen (secondary N) is 1. The smallest absolute Gasteiger partial charge is 0.222 e. The molecule has 0 atom stereocenters. The van der Waals surface area contributed by atoms with Crippen molar-refractivity contribution in [1.82, 2.24) is 9.97 Å². The highest BCUT2D eigenvalue weighted by Crippen LogP contribution is 2.04. The van der Waals surface area contributed by atoms with Crippen LogP contribution in [-0.2, 0) is 6.42 Å². The third kappa shape index (κ3) is 3.48. The van der Waals surface area contributed by atoms with Crippen molar-refractivity contribution in [2.75, 3.05) is 11.9 Å². The van der Waals surface area contributed by atoms with Gasteiger partial charge in [0.25, 0.3) is 0 Å². The number of anilines is 1. The Labute approximate surface area is 97.5 Å². The van der Waals surface area contributed by atoms with E-state index in [4.69, 9.17) is 0 Å². The van der Waals surface area contributed by atoms with Crippen molar-refractivity contribution in [3.63, 3.8) is 0 Å². The van der Waals surface area contributed by atoms with E-state index in [1.165, 1.54) is 12.1 Å². The Hall–Kier alpha value is -2.04. The maximum atomic E-state index is 12.6. The summed E-state index contributed by atoms with van der Waals surface area (Å²) < 4.78 is 25.2. The van der Waals surface area contributed by atoms with Gasteiger partial charge >= 0.3 is 0 Å². The van der Waals surface area contributed by atoms with Gasteiger partial charge in [-0.2, -0.15) is 0 Å². The minimum absolute atomic E-state index is 0.247. The second-order valence-electron chi connectivity index (χ2n) is 3.53. The zero-order valence-electron chi connectivity index (χ0n) is 9.03. The van der Waals surface area contributed by atoms with E-state index in [1.807, 2.05) is 0 Å². The molecule has 17 heavy (non-hydrogen) atoms. The van der Waals surface area contributed by atoms with Gasteiger partial charge in [0.1, 0.15) is 5.82 Å². The van der Waals surface area contributed by atoms with Crippen LogP contribution in [0.5, 0.6) is 0 Å². The van der Waals surface area contributed by atoms with Crippen LogP contribution in [0.2, 0.25) is 0 Å². The molecule has 0 spiro atoms. The lowest BCUT2D eigenvalue weighted by Gasteiger charge is -2.04. The molecule has 0 bridgehead atoms. The van der Waals surface area contributed by atoms with E-state index in [-0.39, 0.29) is 5.82 Å². The summed E-state index contributed by atoms with van der Waals surface area (Å²) in [6.45, 7) is 0.608. The van der Waals surface area contributed by atoms with Crippen LogP contribution in [0, 0.1) is 11.6 Å². The molecule has 0 saturated heterocycles. The molecule has 2 aromatic rings. The number of hydrogen-bond acceptors (Lipinski definition) is 3. The van der Waals surface area contributed by atoms with Crippen LogP contribution >= 0.6 is 0 Å². The van der Waals surface area contributed by atoms with Crippen LogP contribution in [0.25, 0.3) is 0 Å². The summed E-state index contributed by atoms with van der Waals surface area (Å²) in [5.74, 6) is -0.328. The molecule has 0 aliphatic carbocycles. The molecule has 3 nitrogen and oxygen atoms in total. The molecule has 0 radical (unpaired) electrons. The molecule has 2 rings (SSSR count). The van der Waals surface area contributed by atoms with Gasteiger partial charge in [0, 0.05) is 6.54 Å². The van der Waals surface area contributed by atoms with Crippen LogP contribution < -0.4 is 5.32 Å². The van der Waals surface area contributed by atoms with Gasteiger partial charge in [-0.3, -0.25) is 0 Å². The van der Waals surface area contributed by atoms with Gasteiger partial charge in [0.2, 0.25) is 5.95 Å². The van der Waals surface area contributed by atoms with Crippen molar-refractivity contribution < 1.29 is 8.78 Å². The fraction of sp³-hybridized carbons (Fsp3) is 0.167. The summed E-state index contributed by atoms with van der Waals surface area (Å²) in [6.07, 6.45) is 2.93. The molecule has 0 aliphatic rings. The van der Waals surface area contributed by atoms with Crippen LogP contribution in [0.15, 0.2) is 36.7 Å². The van der Waals surface area contributed by atoms with Gasteiger partial charge in [0.05, 0.1) is 12.4 Å². The first-order valence-electron chi connectivity index (χ1n) is 5.20. The molecule has 88 valence electrons. The maximum Gasteiger partial charge on any atom is 0.222 e. The molecule has 0 fully saturated rings. The Bertz CT molecular complexity index is 423. The SMILES string of the molecule is Fc1ccc(CCNc2ncc(F)cn2)cc1. The lowest BCUT2D eigenvalue weighted by molar-refractivity contribution is 0.614. The number of nitrogens with zero attached hydrogens (tertiary/aromatic N) is 2. The van der Waals surface area contributed by atoms with E-state index in [2.05, 4.69) is 15.3 Å². The molecule has 1 aromatic heterocycles. The monoisotopic (exact) mass is 235 g/mol. The zero-order chi connectivity index (χ0) is 12.1. The standard InChI is InChI=1S/C12H11F2N3/c13-10-3-1-9(2-4-10)5-6-15-12-16-7-11(14)8-17-12/h1-4,7-8H,5-6H2,(H,15,16,17). The minimum atomic E-state index is -0.464. The summed E-state index contributed by atoms with van der Waals surface area (Å²) >= 11 is 0. The lowest BCUT2D eigenvalue weighted by atomic mass is 10.1. The van der Waals surface area contributed by atoms with Gasteiger partial charge in [-0.25, -0.2) is 18.7 Å². The van der Waals surface area contributed by atoms with E-state index in [9.17, 15) is 8.78 Å². The van der Waals surface area contributed by atoms with E-state index in [0.29, 0.717) is 12.5 Å². The average Bonchev–Trinajstić information content (AvgIpc) is 2.34. The number of benzene rings is 1. The van der Waals surface area contributed by atoms with Crippen molar-refractivity contribution in [2.24, 2.45) is 0 Å². The van der Waals surface area contributed by atoms with Crippen molar-refractivity contribution in [3.05, 3.63) is 53.9 Å². The fourth-order valence-electron chi connectivity index (χ4n) is 1.37. The van der Waals surface area contributed by atoms with Crippen molar-refractivity contribution >= 4 is 5.95 Å². The van der Waals surface area contributed by atoms with Gasteiger partial charge < -0.3 is 5.32 Å². The fourth-order valence-corrected chi connectivity index (χ4v) is 1.37.